The first kappa shape index (κ1) is 26.2. The van der Waals surface area contributed by atoms with Gasteiger partial charge in [-0.15, -0.1) is 0 Å². The molecule has 0 unspecified atom stereocenters. The van der Waals surface area contributed by atoms with E-state index in [9.17, 15) is 9.59 Å². The van der Waals surface area contributed by atoms with Crippen LogP contribution in [0.5, 0.6) is 0 Å². The molecule has 2 aromatic rings. The van der Waals surface area contributed by atoms with Gasteiger partial charge in [0.2, 0.25) is 5.91 Å². The Morgan fingerprint density at radius 1 is 1.10 bits per heavy atom. The highest BCUT2D eigenvalue weighted by atomic mass is 16.5. The third-order valence-electron chi connectivity index (χ3n) is 2.84. The lowest BCUT2D eigenvalue weighted by molar-refractivity contribution is -0.119. The summed E-state index contributed by atoms with van der Waals surface area (Å²) in [5, 5.41) is 21.5. The molecule has 0 spiro atoms. The number of nitrogens with zero attached hydrogens (tertiary/aromatic N) is 2. The van der Waals surface area contributed by atoms with Crippen LogP contribution in [0.3, 0.4) is 0 Å². The Labute approximate surface area is 171 Å². The number of aromatic nitrogens is 2. The van der Waals surface area contributed by atoms with Crippen LogP contribution in [-0.2, 0) is 16.1 Å². The quantitative estimate of drug-likeness (QED) is 0.496. The van der Waals surface area contributed by atoms with E-state index in [-0.39, 0.29) is 18.7 Å². The van der Waals surface area contributed by atoms with E-state index in [1.165, 1.54) is 30.6 Å². The van der Waals surface area contributed by atoms with Gasteiger partial charge in [0.1, 0.15) is 5.69 Å². The number of hydrogen-bond acceptors (Lipinski definition) is 7. The molecule has 29 heavy (non-hydrogen) atoms. The Morgan fingerprint density at radius 3 is 2.28 bits per heavy atom. The molecule has 0 aliphatic heterocycles. The molecule has 0 aliphatic carbocycles. The molecule has 0 fully saturated rings. The van der Waals surface area contributed by atoms with Crippen molar-refractivity contribution in [3.05, 3.63) is 60.2 Å². The summed E-state index contributed by atoms with van der Waals surface area (Å²) in [4.78, 5) is 29.9. The van der Waals surface area contributed by atoms with E-state index in [1.54, 1.807) is 7.11 Å². The molecule has 0 atom stereocenters. The lowest BCUT2D eigenvalue weighted by atomic mass is 9.93. The van der Waals surface area contributed by atoms with Crippen molar-refractivity contribution in [1.29, 1.82) is 0 Å². The van der Waals surface area contributed by atoms with Crippen LogP contribution in [0.4, 0.5) is 0 Å². The van der Waals surface area contributed by atoms with E-state index < -0.39 is 18.9 Å². The van der Waals surface area contributed by atoms with Crippen LogP contribution in [0.25, 0.3) is 0 Å². The Balaban J connectivity index is 0.000000544. The van der Waals surface area contributed by atoms with Crippen molar-refractivity contribution in [3.63, 3.8) is 0 Å². The lowest BCUT2D eigenvalue weighted by Crippen LogP contribution is -2.41. The van der Waals surface area contributed by atoms with Gasteiger partial charge in [0.05, 0.1) is 25.8 Å². The van der Waals surface area contributed by atoms with Crippen LogP contribution < -0.4 is 10.6 Å². The van der Waals surface area contributed by atoms with Gasteiger partial charge in [-0.3, -0.25) is 14.6 Å². The molecular formula is C19H29BN4O5. The average Bonchev–Trinajstić information content (AvgIpc) is 2.73. The Morgan fingerprint density at radius 2 is 1.76 bits per heavy atom. The number of hydrogen-bond donors (Lipinski definition) is 4. The van der Waals surface area contributed by atoms with E-state index in [4.69, 9.17) is 14.8 Å². The maximum Gasteiger partial charge on any atom is 0.472 e. The third kappa shape index (κ3) is 14.9. The van der Waals surface area contributed by atoms with Crippen LogP contribution in [0.2, 0.25) is 0 Å². The molecule has 0 bridgehead atoms. The first-order valence-electron chi connectivity index (χ1n) is 9.14. The molecule has 158 valence electrons. The number of nitrogens with one attached hydrogen (secondary N) is 2. The molecule has 9 nitrogen and oxygen atoms in total. The number of ether oxygens (including phenoxy) is 1. The summed E-state index contributed by atoms with van der Waals surface area (Å²) in [6.07, 6.45) is 5.01. The maximum absolute atomic E-state index is 11.4. The largest absolute Gasteiger partial charge is 0.472 e. The van der Waals surface area contributed by atoms with E-state index in [0.29, 0.717) is 6.61 Å². The second kappa shape index (κ2) is 17.3. The number of carbonyl (C=O) groups is 2. The summed E-state index contributed by atoms with van der Waals surface area (Å²) in [5.74, 6) is -1.06. The fraction of sp³-hybridized carbons (Fsp3) is 0.368. The minimum atomic E-state index is -1.62. The first-order valence-corrected chi connectivity index (χ1v) is 9.14. The van der Waals surface area contributed by atoms with Gasteiger partial charge in [-0.2, -0.15) is 0 Å². The van der Waals surface area contributed by atoms with Gasteiger partial charge in [-0.1, -0.05) is 50.6 Å². The van der Waals surface area contributed by atoms with Gasteiger partial charge in [-0.25, -0.2) is 4.98 Å². The van der Waals surface area contributed by atoms with Crippen molar-refractivity contribution in [1.82, 2.24) is 20.6 Å². The second-order valence-electron chi connectivity index (χ2n) is 5.68. The Kier molecular flexibility index (Phi) is 15.6. The predicted octanol–water partition coefficient (Wildman–Crippen LogP) is 0.584. The summed E-state index contributed by atoms with van der Waals surface area (Å²) in [5.41, 5.74) is 1.32. The van der Waals surface area contributed by atoms with Crippen LogP contribution >= 0.6 is 0 Å². The van der Waals surface area contributed by atoms with E-state index in [0.717, 1.165) is 0 Å². The first-order chi connectivity index (χ1) is 13.9. The molecular weight excluding hydrogens is 375 g/mol. The van der Waals surface area contributed by atoms with Gasteiger partial charge in [0.15, 0.2) is 0 Å². The molecule has 0 aliphatic rings. The minimum absolute atomic E-state index is 0.0995. The SMILES string of the molecule is CCC.COCc1ccccc1.O=C(CNC(=O)c1cnccn1)NCB(O)O. The minimum Gasteiger partial charge on any atom is -0.426 e. The van der Waals surface area contributed by atoms with Crippen LogP contribution in [0, 0.1) is 0 Å². The number of rotatable bonds is 7. The van der Waals surface area contributed by atoms with Crippen molar-refractivity contribution in [2.45, 2.75) is 26.9 Å². The Bertz CT molecular complexity index is 675. The molecule has 4 N–H and O–H groups in total. The van der Waals surface area contributed by atoms with Crippen molar-refractivity contribution in [2.24, 2.45) is 0 Å². The number of amides is 2. The van der Waals surface area contributed by atoms with Crippen molar-refractivity contribution in [2.75, 3.05) is 20.1 Å². The second-order valence-corrected chi connectivity index (χ2v) is 5.68. The smallest absolute Gasteiger partial charge is 0.426 e. The third-order valence-corrected chi connectivity index (χ3v) is 2.84. The summed E-state index contributed by atoms with van der Waals surface area (Å²) in [6, 6.07) is 10.1. The monoisotopic (exact) mass is 404 g/mol. The van der Waals surface area contributed by atoms with E-state index in [2.05, 4.69) is 34.4 Å². The molecule has 0 saturated heterocycles. The summed E-state index contributed by atoms with van der Waals surface area (Å²) in [7, 11) is 0.0853. The van der Waals surface area contributed by atoms with Gasteiger partial charge < -0.3 is 25.4 Å². The van der Waals surface area contributed by atoms with Crippen LogP contribution in [0.15, 0.2) is 48.9 Å². The molecule has 1 aromatic carbocycles. The van der Waals surface area contributed by atoms with Crippen LogP contribution in [-0.4, -0.2) is 59.0 Å². The zero-order valence-corrected chi connectivity index (χ0v) is 17.0. The number of methoxy groups -OCH3 is 1. The van der Waals surface area contributed by atoms with Crippen molar-refractivity contribution in [3.8, 4) is 0 Å². The highest BCUT2D eigenvalue weighted by Gasteiger charge is 2.11. The van der Waals surface area contributed by atoms with Gasteiger partial charge >= 0.3 is 7.12 Å². The maximum atomic E-state index is 11.4. The van der Waals surface area contributed by atoms with Gasteiger partial charge in [0.25, 0.3) is 5.91 Å². The normalized spacial score (nSPS) is 9.14. The molecule has 1 heterocycles. The van der Waals surface area contributed by atoms with Gasteiger partial charge in [0, 0.05) is 19.5 Å². The fourth-order valence-electron chi connectivity index (χ4n) is 1.68. The highest BCUT2D eigenvalue weighted by Crippen LogP contribution is 1.98. The molecule has 2 rings (SSSR count). The molecule has 1 aromatic heterocycles. The standard InChI is InChI=1S/C8H11BN4O4.C8H10O.C3H8/c14-7(13-5-9(16)17)4-12-8(15)6-3-10-1-2-11-6;1-9-7-8-5-3-2-4-6-8;1-3-2/h1-3,16-17H,4-5H2,(H,12,15)(H,13,14);2-6H,7H2,1H3;3H2,1-2H3. The lowest BCUT2D eigenvalue weighted by Gasteiger charge is -2.05. The molecule has 2 amide bonds. The molecule has 0 saturated carbocycles. The van der Waals surface area contributed by atoms with E-state index >= 15 is 0 Å². The molecule has 0 radical (unpaired) electrons. The van der Waals surface area contributed by atoms with Crippen molar-refractivity contribution >= 4 is 18.9 Å². The zero-order chi connectivity index (χ0) is 21.9. The summed E-state index contributed by atoms with van der Waals surface area (Å²) < 4.78 is 4.93. The molecule has 10 heteroatoms. The van der Waals surface area contributed by atoms with Crippen molar-refractivity contribution < 1.29 is 24.4 Å². The summed E-state index contributed by atoms with van der Waals surface area (Å²) >= 11 is 0. The number of carbonyl (C=O) groups excluding carboxylic acids is 2. The fourth-order valence-corrected chi connectivity index (χ4v) is 1.68. The summed E-state index contributed by atoms with van der Waals surface area (Å²) in [6.45, 7) is 4.68. The van der Waals surface area contributed by atoms with E-state index in [1.807, 2.05) is 30.3 Å². The topological polar surface area (TPSA) is 134 Å². The zero-order valence-electron chi connectivity index (χ0n) is 17.0. The average molecular weight is 404 g/mol. The van der Waals surface area contributed by atoms with Gasteiger partial charge in [-0.05, 0) is 5.56 Å². The highest BCUT2D eigenvalue weighted by molar-refractivity contribution is 6.41. The number of benzene rings is 1. The predicted molar refractivity (Wildman–Crippen MR) is 111 cm³/mol. The van der Waals surface area contributed by atoms with Crippen LogP contribution in [0.1, 0.15) is 36.3 Å². The Hall–Kier alpha value is -2.82.